The van der Waals surface area contributed by atoms with Crippen LogP contribution in [0.3, 0.4) is 0 Å². The zero-order chi connectivity index (χ0) is 12.0. The van der Waals surface area contributed by atoms with Gasteiger partial charge in [-0.15, -0.1) is 0 Å². The van der Waals surface area contributed by atoms with Crippen molar-refractivity contribution in [2.45, 2.75) is 26.2 Å². The topological polar surface area (TPSA) is 49.3 Å². The first-order chi connectivity index (χ1) is 7.59. The summed E-state index contributed by atoms with van der Waals surface area (Å²) in [6, 6.07) is 6.13. The zero-order valence-corrected chi connectivity index (χ0v) is 10.9. The molecule has 0 aliphatic heterocycles. The lowest BCUT2D eigenvalue weighted by Crippen LogP contribution is -2.03. The van der Waals surface area contributed by atoms with Gasteiger partial charge in [0.2, 0.25) is 0 Å². The first kappa shape index (κ1) is 13.0. The fourth-order valence-electron chi connectivity index (χ4n) is 1.39. The summed E-state index contributed by atoms with van der Waals surface area (Å²) < 4.78 is 1.05. The molecule has 0 amide bonds. The normalized spacial score (nSPS) is 10.1. The Bertz CT molecular complexity index is 366. The van der Waals surface area contributed by atoms with Gasteiger partial charge >= 0.3 is 5.97 Å². The van der Waals surface area contributed by atoms with E-state index in [1.165, 1.54) is 5.56 Å². The molecule has 0 aromatic heterocycles. The van der Waals surface area contributed by atoms with E-state index < -0.39 is 5.97 Å². The first-order valence-electron chi connectivity index (χ1n) is 5.31. The zero-order valence-electron chi connectivity index (χ0n) is 9.29. The van der Waals surface area contributed by atoms with E-state index in [-0.39, 0.29) is 6.42 Å². The van der Waals surface area contributed by atoms with Gasteiger partial charge in [0.1, 0.15) is 0 Å². The van der Waals surface area contributed by atoms with Gasteiger partial charge in [0.15, 0.2) is 0 Å². The Morgan fingerprint density at radius 2 is 2.19 bits per heavy atom. The van der Waals surface area contributed by atoms with Crippen LogP contribution in [0, 0.1) is 6.92 Å². The number of unbranched alkanes of at least 4 members (excludes halogenated alkanes) is 1. The number of carbonyl (C=O) groups is 1. The molecule has 0 radical (unpaired) electrons. The number of carboxylic acids is 1. The number of benzene rings is 1. The van der Waals surface area contributed by atoms with E-state index in [0.29, 0.717) is 6.42 Å². The summed E-state index contributed by atoms with van der Waals surface area (Å²) in [5, 5.41) is 11.8. The van der Waals surface area contributed by atoms with E-state index in [1.54, 1.807) is 0 Å². The minimum Gasteiger partial charge on any atom is -0.481 e. The number of rotatable bonds is 6. The van der Waals surface area contributed by atoms with Crippen LogP contribution in [0.25, 0.3) is 0 Å². The number of anilines is 1. The van der Waals surface area contributed by atoms with E-state index in [4.69, 9.17) is 5.11 Å². The van der Waals surface area contributed by atoms with Crippen molar-refractivity contribution >= 4 is 27.6 Å². The van der Waals surface area contributed by atoms with Crippen LogP contribution in [0.15, 0.2) is 22.7 Å². The largest absolute Gasteiger partial charge is 0.481 e. The van der Waals surface area contributed by atoms with E-state index in [2.05, 4.69) is 27.3 Å². The van der Waals surface area contributed by atoms with Crippen molar-refractivity contribution in [1.29, 1.82) is 0 Å². The van der Waals surface area contributed by atoms with Gasteiger partial charge in [0.05, 0.1) is 0 Å². The molecule has 16 heavy (non-hydrogen) atoms. The number of nitrogens with one attached hydrogen (secondary N) is 1. The summed E-state index contributed by atoms with van der Waals surface area (Å²) in [6.07, 6.45) is 1.83. The van der Waals surface area contributed by atoms with Crippen LogP contribution in [-0.2, 0) is 4.79 Å². The molecule has 0 fully saturated rings. The summed E-state index contributed by atoms with van der Waals surface area (Å²) in [6.45, 7) is 2.84. The molecule has 1 aromatic carbocycles. The first-order valence-corrected chi connectivity index (χ1v) is 6.10. The molecule has 4 heteroatoms. The number of aryl methyl sites for hydroxylation is 1. The van der Waals surface area contributed by atoms with Crippen molar-refractivity contribution in [3.8, 4) is 0 Å². The molecule has 0 atom stereocenters. The maximum atomic E-state index is 10.3. The molecule has 1 aromatic rings. The molecule has 2 N–H and O–H groups in total. The van der Waals surface area contributed by atoms with Gasteiger partial charge in [-0.3, -0.25) is 4.79 Å². The highest BCUT2D eigenvalue weighted by Gasteiger charge is 1.99. The molecule has 0 saturated carbocycles. The highest BCUT2D eigenvalue weighted by molar-refractivity contribution is 9.10. The second-order valence-electron chi connectivity index (χ2n) is 3.76. The van der Waals surface area contributed by atoms with Crippen LogP contribution in [0.5, 0.6) is 0 Å². The molecule has 0 heterocycles. The average molecular weight is 286 g/mol. The quantitative estimate of drug-likeness (QED) is 0.788. The number of halogens is 1. The third-order valence-electron chi connectivity index (χ3n) is 2.26. The van der Waals surface area contributed by atoms with Crippen molar-refractivity contribution in [3.05, 3.63) is 28.2 Å². The highest BCUT2D eigenvalue weighted by Crippen LogP contribution is 2.23. The van der Waals surface area contributed by atoms with E-state index in [9.17, 15) is 4.79 Å². The summed E-state index contributed by atoms with van der Waals surface area (Å²) in [7, 11) is 0. The van der Waals surface area contributed by atoms with Crippen LogP contribution in [0.4, 0.5) is 5.69 Å². The van der Waals surface area contributed by atoms with E-state index in [1.807, 2.05) is 19.1 Å². The van der Waals surface area contributed by atoms with Gasteiger partial charge in [0.25, 0.3) is 0 Å². The van der Waals surface area contributed by atoms with Gasteiger partial charge in [-0.05, 0) is 53.4 Å². The molecule has 0 unspecified atom stereocenters. The van der Waals surface area contributed by atoms with Crippen molar-refractivity contribution in [3.63, 3.8) is 0 Å². The molecule has 0 bridgehead atoms. The van der Waals surface area contributed by atoms with Crippen LogP contribution in [0.2, 0.25) is 0 Å². The molecule has 1 rings (SSSR count). The molecule has 3 nitrogen and oxygen atoms in total. The Labute approximate surface area is 104 Å². The SMILES string of the molecule is Cc1ccc(NCCCCC(=O)O)c(Br)c1. The Hall–Kier alpha value is -1.03. The number of aliphatic carboxylic acids is 1. The van der Waals surface area contributed by atoms with Crippen LogP contribution >= 0.6 is 15.9 Å². The lowest BCUT2D eigenvalue weighted by atomic mass is 10.2. The molecule has 0 spiro atoms. The van der Waals surface area contributed by atoms with Crippen LogP contribution in [-0.4, -0.2) is 17.6 Å². The second-order valence-corrected chi connectivity index (χ2v) is 4.62. The van der Waals surface area contributed by atoms with E-state index in [0.717, 1.165) is 23.1 Å². The van der Waals surface area contributed by atoms with Gasteiger partial charge < -0.3 is 10.4 Å². The fourth-order valence-corrected chi connectivity index (χ4v) is 2.02. The van der Waals surface area contributed by atoms with Gasteiger partial charge in [0, 0.05) is 23.1 Å². The van der Waals surface area contributed by atoms with Crippen molar-refractivity contribution in [1.82, 2.24) is 0 Å². The monoisotopic (exact) mass is 285 g/mol. The molecule has 88 valence electrons. The predicted molar refractivity (Wildman–Crippen MR) is 68.9 cm³/mol. The maximum Gasteiger partial charge on any atom is 0.303 e. The van der Waals surface area contributed by atoms with Gasteiger partial charge in [-0.2, -0.15) is 0 Å². The summed E-state index contributed by atoms with van der Waals surface area (Å²) >= 11 is 3.48. The second kappa shape index (κ2) is 6.53. The number of hydrogen-bond acceptors (Lipinski definition) is 2. The fraction of sp³-hybridized carbons (Fsp3) is 0.417. The lowest BCUT2D eigenvalue weighted by Gasteiger charge is -2.08. The van der Waals surface area contributed by atoms with Crippen molar-refractivity contribution < 1.29 is 9.90 Å². The van der Waals surface area contributed by atoms with E-state index >= 15 is 0 Å². The summed E-state index contributed by atoms with van der Waals surface area (Å²) in [5.74, 6) is -0.725. The minimum absolute atomic E-state index is 0.247. The van der Waals surface area contributed by atoms with Crippen LogP contribution < -0.4 is 5.32 Å². The van der Waals surface area contributed by atoms with Gasteiger partial charge in [-0.25, -0.2) is 0 Å². The minimum atomic E-state index is -0.725. The highest BCUT2D eigenvalue weighted by atomic mass is 79.9. The maximum absolute atomic E-state index is 10.3. The van der Waals surface area contributed by atoms with Gasteiger partial charge in [-0.1, -0.05) is 6.07 Å². The Balaban J connectivity index is 2.29. The Morgan fingerprint density at radius 1 is 1.44 bits per heavy atom. The number of carboxylic acid groups (broad SMARTS) is 1. The smallest absolute Gasteiger partial charge is 0.303 e. The Morgan fingerprint density at radius 3 is 2.81 bits per heavy atom. The predicted octanol–water partition coefficient (Wildman–Crippen LogP) is 3.42. The molecular weight excluding hydrogens is 270 g/mol. The van der Waals surface area contributed by atoms with Crippen molar-refractivity contribution in [2.24, 2.45) is 0 Å². The average Bonchev–Trinajstić information content (AvgIpc) is 2.20. The molecular formula is C12H16BrNO2. The van der Waals surface area contributed by atoms with Crippen LogP contribution in [0.1, 0.15) is 24.8 Å². The molecule has 0 aliphatic rings. The van der Waals surface area contributed by atoms with Crippen molar-refractivity contribution in [2.75, 3.05) is 11.9 Å². The third kappa shape index (κ3) is 4.66. The third-order valence-corrected chi connectivity index (χ3v) is 2.91. The summed E-state index contributed by atoms with van der Waals surface area (Å²) in [4.78, 5) is 10.3. The summed E-state index contributed by atoms with van der Waals surface area (Å²) in [5.41, 5.74) is 2.27. The lowest BCUT2D eigenvalue weighted by molar-refractivity contribution is -0.137. The molecule has 0 aliphatic carbocycles. The Kier molecular flexibility index (Phi) is 5.32. The standard InChI is InChI=1S/C12H16BrNO2/c1-9-5-6-11(10(13)8-9)14-7-3-2-4-12(15)16/h5-6,8,14H,2-4,7H2,1H3,(H,15,16). The number of hydrogen-bond donors (Lipinski definition) is 2. The molecule has 0 saturated heterocycles.